The Kier molecular flexibility index (Phi) is 6.99. The number of benzene rings is 1. The van der Waals surface area contributed by atoms with E-state index in [1.54, 1.807) is 11.3 Å². The molecule has 2 amide bonds. The van der Waals surface area contributed by atoms with E-state index in [0.29, 0.717) is 13.0 Å². The highest BCUT2D eigenvalue weighted by molar-refractivity contribution is 9.11. The van der Waals surface area contributed by atoms with Gasteiger partial charge < -0.3 is 10.6 Å². The van der Waals surface area contributed by atoms with Gasteiger partial charge in [0.1, 0.15) is 6.04 Å². The summed E-state index contributed by atoms with van der Waals surface area (Å²) in [5, 5.41) is 5.75. The lowest BCUT2D eigenvalue weighted by Gasteiger charge is -2.19. The van der Waals surface area contributed by atoms with Crippen LogP contribution in [0.25, 0.3) is 0 Å². The van der Waals surface area contributed by atoms with Gasteiger partial charge >= 0.3 is 0 Å². The quantitative estimate of drug-likeness (QED) is 0.726. The van der Waals surface area contributed by atoms with E-state index in [9.17, 15) is 9.59 Å². The predicted octanol–water partition coefficient (Wildman–Crippen LogP) is 4.03. The number of amides is 2. The maximum atomic E-state index is 12.6. The van der Waals surface area contributed by atoms with Crippen molar-refractivity contribution in [3.63, 3.8) is 0 Å². The van der Waals surface area contributed by atoms with Crippen LogP contribution >= 0.6 is 27.3 Å². The summed E-state index contributed by atoms with van der Waals surface area (Å²) in [6.45, 7) is 4.40. The number of nitrogens with one attached hydrogen (secondary N) is 2. The van der Waals surface area contributed by atoms with Crippen LogP contribution in [0.2, 0.25) is 0 Å². The van der Waals surface area contributed by atoms with Gasteiger partial charge in [-0.2, -0.15) is 0 Å². The summed E-state index contributed by atoms with van der Waals surface area (Å²) in [6, 6.07) is 12.5. The van der Waals surface area contributed by atoms with Gasteiger partial charge in [0.25, 0.3) is 0 Å². The third-order valence-electron chi connectivity index (χ3n) is 3.36. The standard InChI is InChI=1S/C18H21BrN2O2S/c1-12(2)10-16(22)21-17(13-6-4-3-5-7-13)18(23)20-11-14-8-9-15(19)24-14/h3-9,12,17H,10-11H2,1-2H3,(H,20,23)(H,21,22). The van der Waals surface area contributed by atoms with Crippen molar-refractivity contribution < 1.29 is 9.59 Å². The van der Waals surface area contributed by atoms with Crippen molar-refractivity contribution in [3.8, 4) is 0 Å². The molecule has 1 aromatic heterocycles. The second-order valence-corrected chi connectivity index (χ2v) is 8.48. The lowest BCUT2D eigenvalue weighted by atomic mass is 10.0. The average molecular weight is 409 g/mol. The first-order valence-electron chi connectivity index (χ1n) is 7.82. The van der Waals surface area contributed by atoms with Gasteiger partial charge in [-0.1, -0.05) is 44.2 Å². The second kappa shape index (κ2) is 8.99. The summed E-state index contributed by atoms with van der Waals surface area (Å²) in [7, 11) is 0. The molecule has 1 unspecified atom stereocenters. The molecule has 0 aliphatic carbocycles. The van der Waals surface area contributed by atoms with Gasteiger partial charge in [-0.15, -0.1) is 11.3 Å². The highest BCUT2D eigenvalue weighted by atomic mass is 79.9. The zero-order chi connectivity index (χ0) is 17.5. The van der Waals surface area contributed by atoms with Gasteiger partial charge in [-0.25, -0.2) is 0 Å². The van der Waals surface area contributed by atoms with Gasteiger partial charge in [0.2, 0.25) is 11.8 Å². The molecule has 0 spiro atoms. The normalized spacial score (nSPS) is 12.0. The molecule has 0 aliphatic heterocycles. The first-order chi connectivity index (χ1) is 11.5. The molecule has 6 heteroatoms. The Labute approximate surface area is 154 Å². The molecule has 2 aromatic rings. The number of halogens is 1. The third kappa shape index (κ3) is 5.76. The smallest absolute Gasteiger partial charge is 0.247 e. The number of thiophene rings is 1. The van der Waals surface area contributed by atoms with E-state index >= 15 is 0 Å². The van der Waals surface area contributed by atoms with Crippen molar-refractivity contribution in [3.05, 3.63) is 56.7 Å². The minimum Gasteiger partial charge on any atom is -0.349 e. The third-order valence-corrected chi connectivity index (χ3v) is 4.98. The molecule has 128 valence electrons. The zero-order valence-corrected chi connectivity index (χ0v) is 16.1. The van der Waals surface area contributed by atoms with Crippen LogP contribution in [0.3, 0.4) is 0 Å². The number of carbonyl (C=O) groups excluding carboxylic acids is 2. The molecular formula is C18H21BrN2O2S. The van der Waals surface area contributed by atoms with Crippen LogP contribution < -0.4 is 10.6 Å². The van der Waals surface area contributed by atoms with Gasteiger partial charge in [0, 0.05) is 11.3 Å². The Morgan fingerprint density at radius 1 is 1.12 bits per heavy atom. The van der Waals surface area contributed by atoms with Crippen molar-refractivity contribution >= 4 is 39.1 Å². The summed E-state index contributed by atoms with van der Waals surface area (Å²) in [5.41, 5.74) is 0.777. The monoisotopic (exact) mass is 408 g/mol. The molecule has 0 saturated carbocycles. The summed E-state index contributed by atoms with van der Waals surface area (Å²) in [4.78, 5) is 25.8. The Bertz CT molecular complexity index is 685. The van der Waals surface area contributed by atoms with Crippen LogP contribution in [0.15, 0.2) is 46.3 Å². The van der Waals surface area contributed by atoms with Gasteiger partial charge in [-0.3, -0.25) is 9.59 Å². The minimum atomic E-state index is -0.680. The molecule has 0 radical (unpaired) electrons. The van der Waals surface area contributed by atoms with Crippen molar-refractivity contribution in [2.24, 2.45) is 5.92 Å². The molecule has 0 bridgehead atoms. The Morgan fingerprint density at radius 2 is 1.83 bits per heavy atom. The molecule has 1 aromatic carbocycles. The molecular weight excluding hydrogens is 388 g/mol. The zero-order valence-electron chi connectivity index (χ0n) is 13.7. The Hall–Kier alpha value is -1.66. The van der Waals surface area contributed by atoms with Crippen LogP contribution in [0.5, 0.6) is 0 Å². The molecule has 0 aliphatic rings. The molecule has 0 fully saturated rings. The number of rotatable bonds is 7. The van der Waals surface area contributed by atoms with Gasteiger partial charge in [0.15, 0.2) is 0 Å². The molecule has 24 heavy (non-hydrogen) atoms. The number of hydrogen-bond donors (Lipinski definition) is 2. The predicted molar refractivity (Wildman–Crippen MR) is 101 cm³/mol. The summed E-state index contributed by atoms with van der Waals surface area (Å²) in [6.07, 6.45) is 0.397. The van der Waals surface area contributed by atoms with E-state index in [1.807, 2.05) is 56.3 Å². The SMILES string of the molecule is CC(C)CC(=O)NC(C(=O)NCc1ccc(Br)s1)c1ccccc1. The lowest BCUT2D eigenvalue weighted by molar-refractivity contribution is -0.129. The molecule has 4 nitrogen and oxygen atoms in total. The first-order valence-corrected chi connectivity index (χ1v) is 9.43. The Morgan fingerprint density at radius 3 is 2.42 bits per heavy atom. The summed E-state index contributed by atoms with van der Waals surface area (Å²) >= 11 is 4.98. The van der Waals surface area contributed by atoms with E-state index in [0.717, 1.165) is 14.2 Å². The van der Waals surface area contributed by atoms with Crippen LogP contribution in [0.4, 0.5) is 0 Å². The van der Waals surface area contributed by atoms with Crippen molar-refractivity contribution in [1.82, 2.24) is 10.6 Å². The van der Waals surface area contributed by atoms with E-state index in [4.69, 9.17) is 0 Å². The fourth-order valence-electron chi connectivity index (χ4n) is 2.26. The van der Waals surface area contributed by atoms with Gasteiger partial charge in [0.05, 0.1) is 10.3 Å². The Balaban J connectivity index is 2.06. The molecule has 2 rings (SSSR count). The van der Waals surface area contributed by atoms with Crippen molar-refractivity contribution in [2.45, 2.75) is 32.9 Å². The van der Waals surface area contributed by atoms with E-state index < -0.39 is 6.04 Å². The van der Waals surface area contributed by atoms with Crippen LogP contribution in [0, 0.1) is 5.92 Å². The fourth-order valence-corrected chi connectivity index (χ4v) is 3.68. The van der Waals surface area contributed by atoms with Crippen LogP contribution in [-0.2, 0) is 16.1 Å². The maximum absolute atomic E-state index is 12.6. The fraction of sp³-hybridized carbons (Fsp3) is 0.333. The maximum Gasteiger partial charge on any atom is 0.247 e. The highest BCUT2D eigenvalue weighted by Crippen LogP contribution is 2.22. The van der Waals surface area contributed by atoms with Crippen LogP contribution in [0.1, 0.15) is 36.8 Å². The van der Waals surface area contributed by atoms with E-state index in [-0.39, 0.29) is 17.7 Å². The molecule has 0 saturated heterocycles. The minimum absolute atomic E-state index is 0.118. The van der Waals surface area contributed by atoms with E-state index in [2.05, 4.69) is 26.6 Å². The topological polar surface area (TPSA) is 58.2 Å². The van der Waals surface area contributed by atoms with E-state index in [1.165, 1.54) is 0 Å². The molecule has 2 N–H and O–H groups in total. The highest BCUT2D eigenvalue weighted by Gasteiger charge is 2.22. The largest absolute Gasteiger partial charge is 0.349 e. The van der Waals surface area contributed by atoms with Crippen LogP contribution in [-0.4, -0.2) is 11.8 Å². The first kappa shape index (κ1) is 18.7. The number of carbonyl (C=O) groups is 2. The molecule has 1 atom stereocenters. The molecule has 1 heterocycles. The summed E-state index contributed by atoms with van der Waals surface area (Å²) < 4.78 is 1.02. The average Bonchev–Trinajstić information content (AvgIpc) is 2.96. The number of hydrogen-bond acceptors (Lipinski definition) is 3. The van der Waals surface area contributed by atoms with Crippen molar-refractivity contribution in [2.75, 3.05) is 0 Å². The van der Waals surface area contributed by atoms with Gasteiger partial charge in [-0.05, 0) is 39.5 Å². The summed E-state index contributed by atoms with van der Waals surface area (Å²) in [5.74, 6) is -0.0800. The van der Waals surface area contributed by atoms with Crippen molar-refractivity contribution in [1.29, 1.82) is 0 Å². The lowest BCUT2D eigenvalue weighted by Crippen LogP contribution is -2.40. The second-order valence-electron chi connectivity index (χ2n) is 5.93.